The van der Waals surface area contributed by atoms with Crippen LogP contribution in [0, 0.1) is 0 Å². The zero-order valence-electron chi connectivity index (χ0n) is 16.2. The zero-order valence-corrected chi connectivity index (χ0v) is 16.2. The highest BCUT2D eigenvalue weighted by molar-refractivity contribution is 5.08. The molecule has 0 radical (unpaired) electrons. The van der Waals surface area contributed by atoms with Gasteiger partial charge in [0.05, 0.1) is 0 Å². The van der Waals surface area contributed by atoms with Gasteiger partial charge in [0.25, 0.3) is 0 Å². The summed E-state index contributed by atoms with van der Waals surface area (Å²) >= 11 is 0. The van der Waals surface area contributed by atoms with E-state index in [9.17, 15) is 0 Å². The Labute approximate surface area is 143 Å². The lowest BCUT2D eigenvalue weighted by atomic mass is 9.97. The van der Waals surface area contributed by atoms with Crippen molar-refractivity contribution < 1.29 is 0 Å². The van der Waals surface area contributed by atoms with Crippen LogP contribution in [0.3, 0.4) is 0 Å². The molecule has 0 spiro atoms. The first kappa shape index (κ1) is 20.1. The number of hydrogen-bond donors (Lipinski definition) is 0. The summed E-state index contributed by atoms with van der Waals surface area (Å²) in [5, 5.41) is 0. The maximum Gasteiger partial charge on any atom is 0.135 e. The Morgan fingerprint density at radius 2 is 1.00 bits per heavy atom. The highest BCUT2D eigenvalue weighted by Gasteiger charge is 2.21. The second-order valence-electron chi connectivity index (χ2n) is 6.89. The van der Waals surface area contributed by atoms with E-state index in [0.717, 1.165) is 36.7 Å². The van der Waals surface area contributed by atoms with Crippen molar-refractivity contribution >= 4 is 0 Å². The largest absolute Gasteiger partial charge is 0.217 e. The van der Waals surface area contributed by atoms with Gasteiger partial charge in [-0.1, -0.05) is 60.8 Å². The SMILES string of the molecule is CCCC(C)c1nc(C(CC)CCC)nc(C(CC)CCC)n1. The second-order valence-corrected chi connectivity index (χ2v) is 6.89. The Hall–Kier alpha value is -0.990. The van der Waals surface area contributed by atoms with E-state index in [0.29, 0.717) is 17.8 Å². The Kier molecular flexibility index (Phi) is 9.35. The summed E-state index contributed by atoms with van der Waals surface area (Å²) in [5.41, 5.74) is 0. The van der Waals surface area contributed by atoms with E-state index in [4.69, 9.17) is 15.0 Å². The summed E-state index contributed by atoms with van der Waals surface area (Å²) in [6, 6.07) is 0. The fraction of sp³-hybridized carbons (Fsp3) is 0.850. The summed E-state index contributed by atoms with van der Waals surface area (Å²) in [6.07, 6.45) is 9.27. The van der Waals surface area contributed by atoms with Gasteiger partial charge in [0.1, 0.15) is 17.5 Å². The summed E-state index contributed by atoms with van der Waals surface area (Å²) in [6.45, 7) is 13.5. The molecule has 0 aliphatic carbocycles. The van der Waals surface area contributed by atoms with Gasteiger partial charge < -0.3 is 0 Å². The predicted octanol–water partition coefficient (Wildman–Crippen LogP) is 6.36. The van der Waals surface area contributed by atoms with Crippen LogP contribution in [0.15, 0.2) is 0 Å². The van der Waals surface area contributed by atoms with Gasteiger partial charge in [-0.2, -0.15) is 0 Å². The summed E-state index contributed by atoms with van der Waals surface area (Å²) < 4.78 is 0. The van der Waals surface area contributed by atoms with Crippen LogP contribution in [-0.4, -0.2) is 15.0 Å². The normalized spacial score (nSPS) is 15.4. The van der Waals surface area contributed by atoms with Crippen LogP contribution in [-0.2, 0) is 0 Å². The molecule has 1 heterocycles. The Morgan fingerprint density at radius 3 is 1.35 bits per heavy atom. The average molecular weight is 320 g/mol. The van der Waals surface area contributed by atoms with E-state index in [1.807, 2.05) is 0 Å². The summed E-state index contributed by atoms with van der Waals surface area (Å²) in [5.74, 6) is 4.51. The number of nitrogens with zero attached hydrogens (tertiary/aromatic N) is 3. The van der Waals surface area contributed by atoms with E-state index in [1.54, 1.807) is 0 Å². The average Bonchev–Trinajstić information content (AvgIpc) is 2.57. The van der Waals surface area contributed by atoms with Crippen LogP contribution < -0.4 is 0 Å². The third-order valence-electron chi connectivity index (χ3n) is 4.84. The van der Waals surface area contributed by atoms with Gasteiger partial charge in [-0.05, 0) is 32.1 Å². The highest BCUT2D eigenvalue weighted by Crippen LogP contribution is 2.28. The van der Waals surface area contributed by atoms with Gasteiger partial charge in [-0.3, -0.25) is 0 Å². The quantitative estimate of drug-likeness (QED) is 0.476. The molecule has 0 fully saturated rings. The van der Waals surface area contributed by atoms with E-state index in [2.05, 4.69) is 41.5 Å². The van der Waals surface area contributed by atoms with Crippen molar-refractivity contribution in [1.29, 1.82) is 0 Å². The lowest BCUT2D eigenvalue weighted by Gasteiger charge is -2.20. The molecule has 0 saturated heterocycles. The molecule has 0 aliphatic rings. The maximum absolute atomic E-state index is 4.93. The lowest BCUT2D eigenvalue weighted by Crippen LogP contribution is -2.15. The van der Waals surface area contributed by atoms with Crippen molar-refractivity contribution in [3.8, 4) is 0 Å². The van der Waals surface area contributed by atoms with E-state index in [-0.39, 0.29) is 0 Å². The Bertz CT molecular complexity index is 412. The summed E-state index contributed by atoms with van der Waals surface area (Å²) in [7, 11) is 0. The Morgan fingerprint density at radius 1 is 0.609 bits per heavy atom. The molecular formula is C20H37N3. The predicted molar refractivity (Wildman–Crippen MR) is 99.0 cm³/mol. The van der Waals surface area contributed by atoms with Crippen LogP contribution in [0.4, 0.5) is 0 Å². The van der Waals surface area contributed by atoms with E-state index >= 15 is 0 Å². The molecule has 3 nitrogen and oxygen atoms in total. The van der Waals surface area contributed by atoms with Gasteiger partial charge in [0.2, 0.25) is 0 Å². The third kappa shape index (κ3) is 5.86. The van der Waals surface area contributed by atoms with Crippen molar-refractivity contribution in [2.75, 3.05) is 0 Å². The molecule has 0 aromatic carbocycles. The van der Waals surface area contributed by atoms with Gasteiger partial charge in [-0.15, -0.1) is 0 Å². The number of aromatic nitrogens is 3. The van der Waals surface area contributed by atoms with Crippen molar-refractivity contribution in [2.45, 2.75) is 111 Å². The molecule has 0 N–H and O–H groups in total. The molecular weight excluding hydrogens is 282 g/mol. The molecule has 23 heavy (non-hydrogen) atoms. The molecule has 0 amide bonds. The standard InChI is InChI=1S/C20H37N3/c1-7-12-15(6)18-21-19(16(10-4)13-8-2)23-20(22-18)17(11-5)14-9-3/h15-17H,7-14H2,1-6H3. The van der Waals surface area contributed by atoms with Crippen LogP contribution in [0.5, 0.6) is 0 Å². The van der Waals surface area contributed by atoms with Crippen LogP contribution in [0.25, 0.3) is 0 Å². The molecule has 3 unspecified atom stereocenters. The first-order chi connectivity index (χ1) is 11.1. The minimum atomic E-state index is 0.429. The molecule has 0 saturated carbocycles. The van der Waals surface area contributed by atoms with Crippen LogP contribution in [0.2, 0.25) is 0 Å². The Balaban J connectivity index is 3.24. The lowest BCUT2D eigenvalue weighted by molar-refractivity contribution is 0.506. The van der Waals surface area contributed by atoms with Crippen LogP contribution in [0.1, 0.15) is 128 Å². The maximum atomic E-state index is 4.93. The van der Waals surface area contributed by atoms with E-state index < -0.39 is 0 Å². The number of hydrogen-bond acceptors (Lipinski definition) is 3. The smallest absolute Gasteiger partial charge is 0.135 e. The first-order valence-corrected chi connectivity index (χ1v) is 9.86. The fourth-order valence-electron chi connectivity index (χ4n) is 3.30. The minimum absolute atomic E-state index is 0.429. The molecule has 3 heteroatoms. The van der Waals surface area contributed by atoms with Crippen LogP contribution >= 0.6 is 0 Å². The van der Waals surface area contributed by atoms with Gasteiger partial charge in [-0.25, -0.2) is 15.0 Å². The van der Waals surface area contributed by atoms with Gasteiger partial charge in [0.15, 0.2) is 0 Å². The third-order valence-corrected chi connectivity index (χ3v) is 4.84. The monoisotopic (exact) mass is 319 g/mol. The molecule has 1 aromatic heterocycles. The molecule has 0 bridgehead atoms. The first-order valence-electron chi connectivity index (χ1n) is 9.86. The molecule has 1 aromatic rings. The topological polar surface area (TPSA) is 38.7 Å². The second kappa shape index (κ2) is 10.7. The van der Waals surface area contributed by atoms with E-state index in [1.165, 1.54) is 32.1 Å². The van der Waals surface area contributed by atoms with Gasteiger partial charge in [0, 0.05) is 17.8 Å². The number of rotatable bonds is 11. The fourth-order valence-corrected chi connectivity index (χ4v) is 3.30. The minimum Gasteiger partial charge on any atom is -0.217 e. The summed E-state index contributed by atoms with van der Waals surface area (Å²) in [4.78, 5) is 14.7. The van der Waals surface area contributed by atoms with Crippen molar-refractivity contribution in [2.24, 2.45) is 0 Å². The highest BCUT2D eigenvalue weighted by atomic mass is 15.0. The molecule has 132 valence electrons. The van der Waals surface area contributed by atoms with Crippen molar-refractivity contribution in [3.63, 3.8) is 0 Å². The zero-order chi connectivity index (χ0) is 17.2. The molecule has 1 rings (SSSR count). The molecule has 0 aliphatic heterocycles. The van der Waals surface area contributed by atoms with Crippen molar-refractivity contribution in [3.05, 3.63) is 17.5 Å². The van der Waals surface area contributed by atoms with Crippen molar-refractivity contribution in [1.82, 2.24) is 15.0 Å². The molecule has 3 atom stereocenters. The van der Waals surface area contributed by atoms with Gasteiger partial charge >= 0.3 is 0 Å².